The third-order valence-corrected chi connectivity index (χ3v) is 4.95. The van der Waals surface area contributed by atoms with E-state index in [2.05, 4.69) is 31.4 Å². The number of halogens is 3. The van der Waals surface area contributed by atoms with Gasteiger partial charge in [0.15, 0.2) is 5.82 Å². The van der Waals surface area contributed by atoms with Gasteiger partial charge in [-0.05, 0) is 40.5 Å². The Bertz CT molecular complexity index is 902. The highest BCUT2D eigenvalue weighted by atomic mass is 79.9. The Balaban J connectivity index is 1.61. The minimum Gasteiger partial charge on any atom is -0.308 e. The third-order valence-electron chi connectivity index (χ3n) is 3.43. The fourth-order valence-corrected chi connectivity index (χ4v) is 2.88. The van der Waals surface area contributed by atoms with Crippen LogP contribution in [0.1, 0.15) is 11.3 Å². The van der Waals surface area contributed by atoms with Gasteiger partial charge in [-0.25, -0.2) is 0 Å². The van der Waals surface area contributed by atoms with Gasteiger partial charge in [-0.3, -0.25) is 14.2 Å². The molecule has 0 aliphatic heterocycles. The lowest BCUT2D eigenvalue weighted by atomic mass is 10.2. The third kappa shape index (κ3) is 4.62. The van der Waals surface area contributed by atoms with Crippen LogP contribution in [0.4, 0.5) is 5.82 Å². The zero-order valence-electron chi connectivity index (χ0n) is 13.2. The summed E-state index contributed by atoms with van der Waals surface area (Å²) in [6.07, 6.45) is 3.55. The zero-order valence-corrected chi connectivity index (χ0v) is 16.3. The molecule has 3 aromatic rings. The van der Waals surface area contributed by atoms with Crippen molar-refractivity contribution in [2.45, 2.75) is 20.0 Å². The molecule has 6 nitrogen and oxygen atoms in total. The molecular formula is C16H14BrCl2N5O. The van der Waals surface area contributed by atoms with Gasteiger partial charge >= 0.3 is 0 Å². The molecule has 0 aliphatic rings. The number of benzene rings is 1. The van der Waals surface area contributed by atoms with Crippen LogP contribution < -0.4 is 5.32 Å². The predicted molar refractivity (Wildman–Crippen MR) is 101 cm³/mol. The molecule has 1 aromatic carbocycles. The molecule has 2 heterocycles. The lowest BCUT2D eigenvalue weighted by molar-refractivity contribution is -0.116. The largest absolute Gasteiger partial charge is 0.308 e. The van der Waals surface area contributed by atoms with E-state index in [1.54, 1.807) is 40.0 Å². The van der Waals surface area contributed by atoms with Gasteiger partial charge in [0.1, 0.15) is 6.54 Å². The lowest BCUT2D eigenvalue weighted by Crippen LogP contribution is -2.19. The summed E-state index contributed by atoms with van der Waals surface area (Å²) < 4.78 is 4.15. The number of amides is 1. The van der Waals surface area contributed by atoms with Crippen molar-refractivity contribution in [3.8, 4) is 0 Å². The monoisotopic (exact) mass is 441 g/mol. The summed E-state index contributed by atoms with van der Waals surface area (Å²) in [5.41, 5.74) is 1.80. The van der Waals surface area contributed by atoms with E-state index in [4.69, 9.17) is 23.2 Å². The van der Waals surface area contributed by atoms with Crippen LogP contribution in [0.25, 0.3) is 0 Å². The number of carbonyl (C=O) groups is 1. The normalized spacial score (nSPS) is 10.9. The standard InChI is InChI=1S/C16H14BrCl2N5O/c1-10-12(17)8-24(21-10)9-16(25)20-15-4-5-23(22-15)7-11-2-3-13(18)14(19)6-11/h2-6,8H,7,9H2,1H3,(H,20,22,25). The predicted octanol–water partition coefficient (Wildman–Crippen LogP) is 4.14. The molecule has 25 heavy (non-hydrogen) atoms. The summed E-state index contributed by atoms with van der Waals surface area (Å²) in [6, 6.07) is 7.16. The number of hydrogen-bond acceptors (Lipinski definition) is 3. The van der Waals surface area contributed by atoms with Gasteiger partial charge in [0, 0.05) is 18.5 Å². The highest BCUT2D eigenvalue weighted by Crippen LogP contribution is 2.23. The second-order valence-electron chi connectivity index (χ2n) is 5.46. The Hall–Kier alpha value is -1.83. The highest BCUT2D eigenvalue weighted by molar-refractivity contribution is 9.10. The molecule has 130 valence electrons. The smallest absolute Gasteiger partial charge is 0.247 e. The Kier molecular flexibility index (Phi) is 5.46. The van der Waals surface area contributed by atoms with Crippen molar-refractivity contribution < 1.29 is 4.79 Å². The van der Waals surface area contributed by atoms with E-state index in [0.29, 0.717) is 22.4 Å². The van der Waals surface area contributed by atoms with Gasteiger partial charge < -0.3 is 5.32 Å². The number of carbonyl (C=O) groups excluding carboxylic acids is 1. The molecule has 0 fully saturated rings. The summed E-state index contributed by atoms with van der Waals surface area (Å²) in [5, 5.41) is 12.3. The molecule has 1 N–H and O–H groups in total. The maximum absolute atomic E-state index is 12.1. The van der Waals surface area contributed by atoms with Crippen molar-refractivity contribution in [3.63, 3.8) is 0 Å². The fraction of sp³-hybridized carbons (Fsp3) is 0.188. The van der Waals surface area contributed by atoms with E-state index in [-0.39, 0.29) is 12.5 Å². The Morgan fingerprint density at radius 2 is 2.00 bits per heavy atom. The molecule has 0 bridgehead atoms. The number of anilines is 1. The Labute approximate surface area is 162 Å². The molecule has 0 spiro atoms. The number of nitrogens with one attached hydrogen (secondary N) is 1. The minimum absolute atomic E-state index is 0.117. The fourth-order valence-electron chi connectivity index (χ4n) is 2.25. The molecule has 0 atom stereocenters. The van der Waals surface area contributed by atoms with E-state index in [0.717, 1.165) is 15.7 Å². The van der Waals surface area contributed by atoms with Crippen molar-refractivity contribution in [1.29, 1.82) is 0 Å². The molecule has 1 amide bonds. The molecule has 3 rings (SSSR count). The van der Waals surface area contributed by atoms with E-state index in [1.165, 1.54) is 0 Å². The van der Waals surface area contributed by atoms with E-state index in [9.17, 15) is 4.79 Å². The first-order valence-corrected chi connectivity index (χ1v) is 8.92. The molecule has 0 unspecified atom stereocenters. The first-order chi connectivity index (χ1) is 11.9. The molecule has 9 heteroatoms. The van der Waals surface area contributed by atoms with Gasteiger partial charge in [0.2, 0.25) is 5.91 Å². The first kappa shape index (κ1) is 18.0. The minimum atomic E-state index is -0.199. The topological polar surface area (TPSA) is 64.7 Å². The maximum atomic E-state index is 12.1. The van der Waals surface area contributed by atoms with Gasteiger partial charge in [-0.1, -0.05) is 29.3 Å². The highest BCUT2D eigenvalue weighted by Gasteiger charge is 2.09. The van der Waals surface area contributed by atoms with Gasteiger partial charge in [-0.15, -0.1) is 0 Å². The van der Waals surface area contributed by atoms with Crippen molar-refractivity contribution in [2.75, 3.05) is 5.32 Å². The maximum Gasteiger partial charge on any atom is 0.247 e. The van der Waals surface area contributed by atoms with Gasteiger partial charge in [-0.2, -0.15) is 10.2 Å². The lowest BCUT2D eigenvalue weighted by Gasteiger charge is -2.04. The van der Waals surface area contributed by atoms with Crippen LogP contribution in [0.2, 0.25) is 10.0 Å². The van der Waals surface area contributed by atoms with Crippen molar-refractivity contribution in [3.05, 3.63) is 62.4 Å². The van der Waals surface area contributed by atoms with Crippen molar-refractivity contribution in [1.82, 2.24) is 19.6 Å². The summed E-state index contributed by atoms with van der Waals surface area (Å²) in [6.45, 7) is 2.51. The number of rotatable bonds is 5. The zero-order chi connectivity index (χ0) is 18.0. The van der Waals surface area contributed by atoms with Crippen LogP contribution in [-0.2, 0) is 17.9 Å². The van der Waals surface area contributed by atoms with E-state index < -0.39 is 0 Å². The van der Waals surface area contributed by atoms with Crippen LogP contribution in [0.5, 0.6) is 0 Å². The molecule has 0 saturated heterocycles. The number of nitrogens with zero attached hydrogens (tertiary/aromatic N) is 4. The van der Waals surface area contributed by atoms with Crippen LogP contribution >= 0.6 is 39.1 Å². The van der Waals surface area contributed by atoms with Crippen LogP contribution in [0, 0.1) is 6.92 Å². The molecule has 2 aromatic heterocycles. The molecule has 0 saturated carbocycles. The summed E-state index contributed by atoms with van der Waals surface area (Å²) in [5.74, 6) is 0.280. The van der Waals surface area contributed by atoms with Crippen molar-refractivity contribution in [2.24, 2.45) is 0 Å². The number of aromatic nitrogens is 4. The molecular weight excluding hydrogens is 429 g/mol. The number of aryl methyl sites for hydroxylation is 1. The SMILES string of the molecule is Cc1nn(CC(=O)Nc2ccn(Cc3ccc(Cl)c(Cl)c3)n2)cc1Br. The van der Waals surface area contributed by atoms with Crippen molar-refractivity contribution >= 4 is 50.9 Å². The average Bonchev–Trinajstić information content (AvgIpc) is 3.09. The Morgan fingerprint density at radius 1 is 1.20 bits per heavy atom. The molecule has 0 aliphatic carbocycles. The van der Waals surface area contributed by atoms with Crippen LogP contribution in [0.3, 0.4) is 0 Å². The van der Waals surface area contributed by atoms with Crippen LogP contribution in [-0.4, -0.2) is 25.5 Å². The second-order valence-corrected chi connectivity index (χ2v) is 7.12. The molecule has 0 radical (unpaired) electrons. The summed E-state index contributed by atoms with van der Waals surface area (Å²) >= 11 is 15.3. The first-order valence-electron chi connectivity index (χ1n) is 7.37. The summed E-state index contributed by atoms with van der Waals surface area (Å²) in [4.78, 5) is 12.1. The summed E-state index contributed by atoms with van der Waals surface area (Å²) in [7, 11) is 0. The second kappa shape index (κ2) is 7.59. The van der Waals surface area contributed by atoms with Gasteiger partial charge in [0.05, 0.1) is 26.8 Å². The Morgan fingerprint density at radius 3 is 2.68 bits per heavy atom. The average molecular weight is 443 g/mol. The van der Waals surface area contributed by atoms with E-state index in [1.807, 2.05) is 13.0 Å². The van der Waals surface area contributed by atoms with E-state index >= 15 is 0 Å². The number of hydrogen-bond donors (Lipinski definition) is 1. The van der Waals surface area contributed by atoms with Crippen LogP contribution in [0.15, 0.2) is 41.1 Å². The van der Waals surface area contributed by atoms with Gasteiger partial charge in [0.25, 0.3) is 0 Å². The quantitative estimate of drug-likeness (QED) is 0.645.